The summed E-state index contributed by atoms with van der Waals surface area (Å²) in [5, 5.41) is 0. The molecule has 1 aromatic rings. The fourth-order valence-corrected chi connectivity index (χ4v) is 2.16. The Hall–Kier alpha value is -1.00. The summed E-state index contributed by atoms with van der Waals surface area (Å²) in [6, 6.07) is 3.50. The van der Waals surface area contributed by atoms with Crippen LogP contribution >= 0.6 is 0 Å². The molecule has 4 heteroatoms. The van der Waals surface area contributed by atoms with E-state index in [9.17, 15) is 8.78 Å². The number of benzene rings is 1. The number of nitrogens with one attached hydrogen (secondary N) is 1. The molecule has 1 aromatic carbocycles. The molecule has 0 aliphatic rings. The van der Waals surface area contributed by atoms with E-state index < -0.39 is 5.82 Å². The van der Waals surface area contributed by atoms with Crippen LogP contribution in [0.25, 0.3) is 0 Å². The second-order valence-electron chi connectivity index (χ2n) is 4.29. The Labute approximate surface area is 101 Å². The highest BCUT2D eigenvalue weighted by Crippen LogP contribution is 2.19. The molecular formula is C13H20F2N2. The van der Waals surface area contributed by atoms with Crippen molar-refractivity contribution in [2.75, 3.05) is 0 Å². The lowest BCUT2D eigenvalue weighted by Gasteiger charge is -2.24. The first-order valence-corrected chi connectivity index (χ1v) is 6.02. The van der Waals surface area contributed by atoms with E-state index in [1.165, 1.54) is 6.07 Å². The molecule has 1 rings (SSSR count). The van der Waals surface area contributed by atoms with Gasteiger partial charge in [0.15, 0.2) is 0 Å². The van der Waals surface area contributed by atoms with Crippen molar-refractivity contribution >= 4 is 0 Å². The number of nitrogens with two attached hydrogens (primary N) is 1. The molecular weight excluding hydrogens is 222 g/mol. The normalized spacial score (nSPS) is 13.1. The van der Waals surface area contributed by atoms with Gasteiger partial charge in [0.05, 0.1) is 0 Å². The first kappa shape index (κ1) is 14.1. The number of hydrazine groups is 1. The molecule has 0 aromatic heterocycles. The predicted octanol–water partition coefficient (Wildman–Crippen LogP) is 2.78. The van der Waals surface area contributed by atoms with Gasteiger partial charge < -0.3 is 0 Å². The molecule has 3 N–H and O–H groups in total. The zero-order valence-electron chi connectivity index (χ0n) is 10.3. The first-order chi connectivity index (χ1) is 8.12. The van der Waals surface area contributed by atoms with Crippen molar-refractivity contribution in [1.82, 2.24) is 5.43 Å². The molecule has 0 aliphatic heterocycles. The Bertz CT molecular complexity index is 351. The molecule has 96 valence electrons. The maximum absolute atomic E-state index is 13.5. The van der Waals surface area contributed by atoms with Gasteiger partial charge in [-0.05, 0) is 36.1 Å². The summed E-state index contributed by atoms with van der Waals surface area (Å²) >= 11 is 0. The molecule has 0 radical (unpaired) electrons. The van der Waals surface area contributed by atoms with Crippen LogP contribution in [0.2, 0.25) is 0 Å². The van der Waals surface area contributed by atoms with Crippen LogP contribution in [0.15, 0.2) is 18.2 Å². The van der Waals surface area contributed by atoms with Gasteiger partial charge in [0, 0.05) is 6.04 Å². The van der Waals surface area contributed by atoms with E-state index in [1.54, 1.807) is 0 Å². The lowest BCUT2D eigenvalue weighted by molar-refractivity contribution is 0.332. The Morgan fingerprint density at radius 2 is 1.88 bits per heavy atom. The average Bonchev–Trinajstić information content (AvgIpc) is 2.33. The fraction of sp³-hybridized carbons (Fsp3) is 0.538. The monoisotopic (exact) mass is 242 g/mol. The molecule has 0 aliphatic carbocycles. The number of hydrogen-bond acceptors (Lipinski definition) is 2. The lowest BCUT2D eigenvalue weighted by Crippen LogP contribution is -2.42. The quantitative estimate of drug-likeness (QED) is 0.594. The molecule has 0 saturated heterocycles. The Morgan fingerprint density at radius 1 is 1.24 bits per heavy atom. The highest BCUT2D eigenvalue weighted by atomic mass is 19.1. The van der Waals surface area contributed by atoms with E-state index in [2.05, 4.69) is 19.3 Å². The summed E-state index contributed by atoms with van der Waals surface area (Å²) in [6.07, 6.45) is 2.33. The highest BCUT2D eigenvalue weighted by molar-refractivity contribution is 5.20. The maximum Gasteiger partial charge on any atom is 0.126 e. The summed E-state index contributed by atoms with van der Waals surface area (Å²) in [4.78, 5) is 0. The van der Waals surface area contributed by atoms with E-state index in [1.807, 2.05) is 0 Å². The van der Waals surface area contributed by atoms with Crippen molar-refractivity contribution in [3.63, 3.8) is 0 Å². The van der Waals surface area contributed by atoms with Gasteiger partial charge >= 0.3 is 0 Å². The Balaban J connectivity index is 2.83. The van der Waals surface area contributed by atoms with Gasteiger partial charge in [0.2, 0.25) is 0 Å². The second kappa shape index (κ2) is 6.67. The third kappa shape index (κ3) is 3.75. The topological polar surface area (TPSA) is 38.0 Å². The minimum Gasteiger partial charge on any atom is -0.271 e. The van der Waals surface area contributed by atoms with Crippen LogP contribution in [-0.4, -0.2) is 6.04 Å². The van der Waals surface area contributed by atoms with Gasteiger partial charge in [-0.2, -0.15) is 0 Å². The van der Waals surface area contributed by atoms with Crippen LogP contribution in [0.5, 0.6) is 0 Å². The van der Waals surface area contributed by atoms with Crippen LogP contribution in [-0.2, 0) is 6.42 Å². The molecule has 0 amide bonds. The minimum atomic E-state index is -0.415. The third-order valence-corrected chi connectivity index (χ3v) is 3.28. The lowest BCUT2D eigenvalue weighted by atomic mass is 9.90. The minimum absolute atomic E-state index is 0.0266. The molecule has 17 heavy (non-hydrogen) atoms. The molecule has 0 bridgehead atoms. The zero-order chi connectivity index (χ0) is 12.8. The first-order valence-electron chi connectivity index (χ1n) is 6.02. The van der Waals surface area contributed by atoms with E-state index in [0.29, 0.717) is 17.9 Å². The van der Waals surface area contributed by atoms with E-state index in [4.69, 9.17) is 5.84 Å². The zero-order valence-corrected chi connectivity index (χ0v) is 10.3. The van der Waals surface area contributed by atoms with Gasteiger partial charge in [-0.3, -0.25) is 11.3 Å². The van der Waals surface area contributed by atoms with Crippen molar-refractivity contribution in [3.05, 3.63) is 35.4 Å². The van der Waals surface area contributed by atoms with Crippen molar-refractivity contribution < 1.29 is 8.78 Å². The van der Waals surface area contributed by atoms with Crippen molar-refractivity contribution in [1.29, 1.82) is 0 Å². The molecule has 0 spiro atoms. The van der Waals surface area contributed by atoms with Crippen LogP contribution < -0.4 is 11.3 Å². The molecule has 1 unspecified atom stereocenters. The summed E-state index contributed by atoms with van der Waals surface area (Å²) in [6.45, 7) is 4.14. The number of rotatable bonds is 6. The fourth-order valence-electron chi connectivity index (χ4n) is 2.16. The van der Waals surface area contributed by atoms with E-state index >= 15 is 0 Å². The largest absolute Gasteiger partial charge is 0.271 e. The predicted molar refractivity (Wildman–Crippen MR) is 65.2 cm³/mol. The summed E-state index contributed by atoms with van der Waals surface area (Å²) in [7, 11) is 0. The smallest absolute Gasteiger partial charge is 0.126 e. The van der Waals surface area contributed by atoms with Crippen molar-refractivity contribution in [2.24, 2.45) is 11.8 Å². The Morgan fingerprint density at radius 3 is 2.41 bits per heavy atom. The maximum atomic E-state index is 13.5. The van der Waals surface area contributed by atoms with Crippen LogP contribution in [0, 0.1) is 17.6 Å². The number of halogens is 2. The molecule has 2 nitrogen and oxygen atoms in total. The van der Waals surface area contributed by atoms with E-state index in [-0.39, 0.29) is 11.9 Å². The van der Waals surface area contributed by atoms with Gasteiger partial charge in [-0.25, -0.2) is 8.78 Å². The SMILES string of the molecule is CCC(CC)C(Cc1cc(F)ccc1F)NN. The standard InChI is InChI=1S/C13H20F2N2/c1-3-9(4-2)13(17-16)8-10-7-11(14)5-6-12(10)15/h5-7,9,13,17H,3-4,8,16H2,1-2H3. The van der Waals surface area contributed by atoms with Crippen LogP contribution in [0.1, 0.15) is 32.3 Å². The second-order valence-corrected chi connectivity index (χ2v) is 4.29. The summed E-state index contributed by atoms with van der Waals surface area (Å²) in [5.41, 5.74) is 3.08. The van der Waals surface area contributed by atoms with Crippen LogP contribution in [0.4, 0.5) is 8.78 Å². The molecule has 0 saturated carbocycles. The summed E-state index contributed by atoms with van der Waals surface area (Å²) < 4.78 is 26.6. The van der Waals surface area contributed by atoms with E-state index in [0.717, 1.165) is 25.0 Å². The summed E-state index contributed by atoms with van der Waals surface area (Å²) in [5.74, 6) is 5.07. The molecule has 0 heterocycles. The average molecular weight is 242 g/mol. The molecule has 1 atom stereocenters. The van der Waals surface area contributed by atoms with Gasteiger partial charge in [-0.1, -0.05) is 26.7 Å². The van der Waals surface area contributed by atoms with Gasteiger partial charge in [0.25, 0.3) is 0 Å². The van der Waals surface area contributed by atoms with Crippen molar-refractivity contribution in [2.45, 2.75) is 39.2 Å². The van der Waals surface area contributed by atoms with Crippen molar-refractivity contribution in [3.8, 4) is 0 Å². The van der Waals surface area contributed by atoms with Crippen LogP contribution in [0.3, 0.4) is 0 Å². The molecule has 0 fully saturated rings. The third-order valence-electron chi connectivity index (χ3n) is 3.28. The Kier molecular flexibility index (Phi) is 5.51. The highest BCUT2D eigenvalue weighted by Gasteiger charge is 2.19. The van der Waals surface area contributed by atoms with Gasteiger partial charge in [0.1, 0.15) is 11.6 Å². The number of hydrogen-bond donors (Lipinski definition) is 2. The van der Waals surface area contributed by atoms with Gasteiger partial charge in [-0.15, -0.1) is 0 Å².